The summed E-state index contributed by atoms with van der Waals surface area (Å²) in [5, 5.41) is 27.7. The molecule has 15 aromatic rings. The second kappa shape index (κ2) is 38.1. The monoisotopic (exact) mass is 1610 g/mol. The Morgan fingerprint density at radius 2 is 0.675 bits per heavy atom. The number of carbonyl (C=O) groups is 2. The average Bonchev–Trinajstić information content (AvgIpc) is 1.14. The van der Waals surface area contributed by atoms with Crippen LogP contribution in [0.25, 0.3) is 85.2 Å². The van der Waals surface area contributed by atoms with Crippen molar-refractivity contribution in [3.63, 3.8) is 0 Å². The Hall–Kier alpha value is -13.0. The SMILES string of the molecule is CN(C)C(=O)c1ccc2ncc(-c3cccc(NC4CCNCC4)n3)n2c1.O=C(c1ccc2ncc(-c3cccc(NC4CCNCC4)n3)n2c1)N1CCOCC1.c1cc(NC2CCCC2)nc(-c2cnc3ccccn23)c1.c1cc(NC2CCCCC2)nc(-c2cnc3ccccn23)c1.c1cc(NC2CNC2)nc(-c2cnc3ccccn23)c1. The molecule has 28 heteroatoms. The minimum absolute atomic E-state index is 0.0223. The highest BCUT2D eigenvalue weighted by atomic mass is 16.5. The van der Waals surface area contributed by atoms with Gasteiger partial charge in [-0.15, -0.1) is 0 Å². The number of carbonyl (C=O) groups excluding carboxylic acids is 2. The first-order chi connectivity index (χ1) is 59.1. The zero-order chi connectivity index (χ0) is 81.4. The summed E-state index contributed by atoms with van der Waals surface area (Å²) in [7, 11) is 3.50. The van der Waals surface area contributed by atoms with Gasteiger partial charge < -0.3 is 57.1 Å². The van der Waals surface area contributed by atoms with Crippen LogP contribution >= 0.6 is 0 Å². The Morgan fingerprint density at radius 1 is 0.350 bits per heavy atom. The third kappa shape index (κ3) is 19.4. The van der Waals surface area contributed by atoms with E-state index in [1.165, 1.54) is 57.8 Å². The van der Waals surface area contributed by atoms with Gasteiger partial charge in [0.1, 0.15) is 57.3 Å². The normalized spacial score (nSPS) is 16.1. The van der Waals surface area contributed by atoms with Gasteiger partial charge in [0, 0.05) is 95.4 Å². The zero-order valence-electron chi connectivity index (χ0n) is 67.9. The van der Waals surface area contributed by atoms with Crippen LogP contribution in [0.4, 0.5) is 29.1 Å². The van der Waals surface area contributed by atoms with E-state index in [4.69, 9.17) is 24.7 Å². The van der Waals surface area contributed by atoms with Gasteiger partial charge in [-0.25, -0.2) is 49.8 Å². The maximum atomic E-state index is 12.9. The quantitative estimate of drug-likeness (QED) is 0.0420. The summed E-state index contributed by atoms with van der Waals surface area (Å²) >= 11 is 0. The second-order valence-corrected chi connectivity index (χ2v) is 31.4. The largest absolute Gasteiger partial charge is 0.378 e. The van der Waals surface area contributed by atoms with E-state index in [0.29, 0.717) is 67.6 Å². The summed E-state index contributed by atoms with van der Waals surface area (Å²) in [4.78, 5) is 74.7. The van der Waals surface area contributed by atoms with E-state index in [9.17, 15) is 9.59 Å². The van der Waals surface area contributed by atoms with E-state index in [0.717, 1.165) is 179 Å². The average molecular weight is 1610 g/mol. The van der Waals surface area contributed by atoms with Gasteiger partial charge in [0.15, 0.2) is 0 Å². The fourth-order valence-electron chi connectivity index (χ4n) is 16.1. The predicted octanol–water partition coefficient (Wildman–Crippen LogP) is 14.0. The molecule has 6 aliphatic rings. The number of ether oxygens (including phenoxy) is 1. The van der Waals surface area contributed by atoms with Crippen LogP contribution < -0.4 is 42.5 Å². The third-order valence-corrected chi connectivity index (χ3v) is 22.7. The molecular weight excluding hydrogens is 1500 g/mol. The lowest BCUT2D eigenvalue weighted by atomic mass is 9.95. The first-order valence-electron chi connectivity index (χ1n) is 42.2. The summed E-state index contributed by atoms with van der Waals surface area (Å²) in [5.41, 5.74) is 15.0. The van der Waals surface area contributed by atoms with Gasteiger partial charge in [-0.2, -0.15) is 0 Å². The van der Waals surface area contributed by atoms with Gasteiger partial charge in [-0.3, -0.25) is 31.6 Å². The number of nitrogens with zero attached hydrogens (tertiary/aromatic N) is 17. The highest BCUT2D eigenvalue weighted by Crippen LogP contribution is 2.30. The number of hydrogen-bond donors (Lipinski definition) is 8. The second-order valence-electron chi connectivity index (χ2n) is 31.4. The molecule has 0 aromatic carbocycles. The minimum atomic E-state index is -0.0363. The van der Waals surface area contributed by atoms with Gasteiger partial charge in [-0.05, 0) is 199 Å². The van der Waals surface area contributed by atoms with Crippen molar-refractivity contribution < 1.29 is 14.3 Å². The molecule has 4 saturated heterocycles. The number of imidazole rings is 5. The molecular formula is C92H103N25O3. The molecule has 0 atom stereocenters. The smallest absolute Gasteiger partial charge is 0.255 e. The number of anilines is 5. The molecule has 614 valence electrons. The van der Waals surface area contributed by atoms with Gasteiger partial charge in [0.25, 0.3) is 11.8 Å². The van der Waals surface area contributed by atoms with E-state index < -0.39 is 0 Å². The number of rotatable bonds is 17. The van der Waals surface area contributed by atoms with Crippen LogP contribution in [-0.4, -0.2) is 203 Å². The van der Waals surface area contributed by atoms with Crippen LogP contribution in [0.15, 0.2) is 232 Å². The molecule has 15 aromatic heterocycles. The molecule has 2 aliphatic carbocycles. The van der Waals surface area contributed by atoms with Crippen molar-refractivity contribution in [2.24, 2.45) is 0 Å². The molecule has 28 nitrogen and oxygen atoms in total. The Labute approximate surface area is 697 Å². The van der Waals surface area contributed by atoms with Gasteiger partial charge >= 0.3 is 0 Å². The lowest BCUT2D eigenvalue weighted by Crippen LogP contribution is -2.51. The van der Waals surface area contributed by atoms with Crippen molar-refractivity contribution in [1.82, 2.24) is 97.6 Å². The van der Waals surface area contributed by atoms with Crippen molar-refractivity contribution in [1.29, 1.82) is 0 Å². The molecule has 120 heavy (non-hydrogen) atoms. The molecule has 2 saturated carbocycles. The van der Waals surface area contributed by atoms with Crippen LogP contribution in [0.3, 0.4) is 0 Å². The lowest BCUT2D eigenvalue weighted by Gasteiger charge is -2.28. The first-order valence-corrected chi connectivity index (χ1v) is 42.2. The molecule has 4 aliphatic heterocycles. The predicted molar refractivity (Wildman–Crippen MR) is 473 cm³/mol. The summed E-state index contributed by atoms with van der Waals surface area (Å²) in [6, 6.07) is 58.2. The number of morpholine rings is 1. The van der Waals surface area contributed by atoms with Crippen LogP contribution in [0.1, 0.15) is 104 Å². The Morgan fingerprint density at radius 3 is 1.03 bits per heavy atom. The number of amides is 2. The number of fused-ring (bicyclic) bond motifs is 5. The molecule has 21 rings (SSSR count). The van der Waals surface area contributed by atoms with Crippen molar-refractivity contribution >= 4 is 69.1 Å². The van der Waals surface area contributed by atoms with Gasteiger partial charge in [0.2, 0.25) is 0 Å². The number of pyridine rings is 10. The molecule has 6 fully saturated rings. The Bertz CT molecular complexity index is 5940. The number of hydrogen-bond acceptors (Lipinski definition) is 21. The zero-order valence-corrected chi connectivity index (χ0v) is 67.9. The van der Waals surface area contributed by atoms with Crippen LogP contribution in [-0.2, 0) is 4.74 Å². The topological polar surface area (TPSA) is 297 Å². The molecule has 0 unspecified atom stereocenters. The summed E-state index contributed by atoms with van der Waals surface area (Å²) < 4.78 is 15.4. The standard InChI is InChI=1S/C22H26N6O2.C20H24N6O.C18H20N4.C17H18N4.C15H15N5/c29-22(27-10-12-30-13-11-27)16-4-5-21-24-14-19(28(21)15-16)18-2-1-3-20(26-18)25-17-6-8-23-9-7-17;1-25(2)20(27)14-6-7-19-22-12-17(26(19)13-14)16-4-3-5-18(24-16)23-15-8-10-21-11-9-15;1-2-7-14(8-3-1)20-17-10-6-9-15(21-17)16-13-19-18-11-4-5-12-22(16)18;1-2-7-13(6-1)19-16-9-5-8-14(20-16)15-12-18-17-10-3-4-11-21(15)17;1-2-7-20-13(10-17-15(20)6-1)12-4-3-5-14(19-12)18-11-8-16-9-11/h1-5,14-15,17,23H,6-13H2,(H,25,26);3-7,12-13,15,21H,8-11H2,1-2H3,(H,23,24);4-6,9-14H,1-3,7-8H2,(H,20,21);3-5,8-13H,1-2,6-7H2,(H,19,20);1-7,10-11,16H,8-9H2,(H,18,19). The minimum Gasteiger partial charge on any atom is -0.378 e. The van der Waals surface area contributed by atoms with Crippen molar-refractivity contribution in [2.45, 2.75) is 114 Å². The molecule has 8 N–H and O–H groups in total. The molecule has 2 amide bonds. The van der Waals surface area contributed by atoms with Crippen molar-refractivity contribution in [3.8, 4) is 56.9 Å². The highest BCUT2D eigenvalue weighted by Gasteiger charge is 2.24. The van der Waals surface area contributed by atoms with Gasteiger partial charge in [0.05, 0.1) is 118 Å². The lowest BCUT2D eigenvalue weighted by molar-refractivity contribution is 0.0302. The van der Waals surface area contributed by atoms with Crippen molar-refractivity contribution in [2.75, 3.05) is 106 Å². The number of aromatic nitrogens is 15. The molecule has 19 heterocycles. The number of nitrogens with one attached hydrogen (secondary N) is 8. The van der Waals surface area contributed by atoms with E-state index in [2.05, 4.69) is 104 Å². The first kappa shape index (κ1) is 79.4. The van der Waals surface area contributed by atoms with E-state index >= 15 is 0 Å². The molecule has 0 radical (unpaired) electrons. The van der Waals surface area contributed by atoms with Gasteiger partial charge in [-0.1, -0.05) is 80.6 Å². The van der Waals surface area contributed by atoms with E-state index in [-0.39, 0.29) is 11.8 Å². The maximum absolute atomic E-state index is 12.9. The Kier molecular flexibility index (Phi) is 25.3. The molecule has 0 spiro atoms. The summed E-state index contributed by atoms with van der Waals surface area (Å²) in [6.45, 7) is 8.56. The van der Waals surface area contributed by atoms with Crippen LogP contribution in [0.5, 0.6) is 0 Å². The fourth-order valence-corrected chi connectivity index (χ4v) is 16.1. The summed E-state index contributed by atoms with van der Waals surface area (Å²) in [6.07, 6.45) is 35.1. The number of piperidine rings is 2. The van der Waals surface area contributed by atoms with Crippen molar-refractivity contribution in [3.05, 3.63) is 243 Å². The molecule has 0 bridgehead atoms. The summed E-state index contributed by atoms with van der Waals surface area (Å²) in [5.74, 6) is 4.57. The van der Waals surface area contributed by atoms with Crippen LogP contribution in [0.2, 0.25) is 0 Å². The van der Waals surface area contributed by atoms with E-state index in [1.807, 2.05) is 215 Å². The third-order valence-electron chi connectivity index (χ3n) is 22.7. The van der Waals surface area contributed by atoms with E-state index in [1.54, 1.807) is 31.3 Å². The maximum Gasteiger partial charge on any atom is 0.255 e. The Balaban J connectivity index is 0.000000108. The van der Waals surface area contributed by atoms with Crippen LogP contribution in [0, 0.1) is 0 Å². The highest BCUT2D eigenvalue weighted by molar-refractivity contribution is 5.95. The fraction of sp³-hybridized carbons (Fsp3) is 0.326.